The highest BCUT2D eigenvalue weighted by Crippen LogP contribution is 2.35. The van der Waals surface area contributed by atoms with Crippen LogP contribution in [0.4, 0.5) is 24.8 Å². The Morgan fingerprint density at radius 1 is 1.58 bits per heavy atom. The molecular formula is C8H9F3N4O4. The zero-order valence-corrected chi connectivity index (χ0v) is 9.72. The minimum Gasteiger partial charge on any atom is -0.479 e. The van der Waals surface area contributed by atoms with E-state index in [0.29, 0.717) is 6.92 Å². The van der Waals surface area contributed by atoms with Crippen molar-refractivity contribution in [3.8, 4) is 0 Å². The topological polar surface area (TPSA) is 110 Å². The minimum atomic E-state index is -5.16. The molecule has 11 heteroatoms. The standard InChI is InChI=1S/C8H9F3N4O4/c1-7(6(16)17,8(9,10)11)13-5-4(15(18)19)12-3-14(5)2/h3,13H,1-2H3,(H,16,17). The molecule has 0 aliphatic heterocycles. The van der Waals surface area contributed by atoms with Gasteiger partial charge < -0.3 is 20.5 Å². The van der Waals surface area contributed by atoms with Gasteiger partial charge in [0.1, 0.15) is 0 Å². The van der Waals surface area contributed by atoms with Gasteiger partial charge in [-0.3, -0.25) is 4.57 Å². The molecule has 8 nitrogen and oxygen atoms in total. The first-order valence-electron chi connectivity index (χ1n) is 4.74. The van der Waals surface area contributed by atoms with Crippen LogP contribution in [0.2, 0.25) is 0 Å². The number of imidazole rings is 1. The number of rotatable bonds is 4. The van der Waals surface area contributed by atoms with Crippen LogP contribution in [0, 0.1) is 10.1 Å². The van der Waals surface area contributed by atoms with Crippen LogP contribution in [0.3, 0.4) is 0 Å². The van der Waals surface area contributed by atoms with Gasteiger partial charge in [-0.15, -0.1) is 0 Å². The Labute approximate surface area is 104 Å². The van der Waals surface area contributed by atoms with Gasteiger partial charge in [-0.05, 0) is 16.8 Å². The van der Waals surface area contributed by atoms with Gasteiger partial charge in [0.05, 0.1) is 0 Å². The van der Waals surface area contributed by atoms with Crippen molar-refractivity contribution in [1.82, 2.24) is 9.55 Å². The second-order valence-electron chi connectivity index (χ2n) is 3.84. The minimum absolute atomic E-state index is 0.367. The number of hydrogen-bond acceptors (Lipinski definition) is 5. The third kappa shape index (κ3) is 2.44. The molecule has 0 radical (unpaired) electrons. The molecule has 2 N–H and O–H groups in total. The molecular weight excluding hydrogens is 273 g/mol. The Hall–Kier alpha value is -2.33. The molecule has 1 atom stereocenters. The van der Waals surface area contributed by atoms with E-state index in [1.165, 1.54) is 7.05 Å². The number of carboxylic acid groups (broad SMARTS) is 1. The fourth-order valence-corrected chi connectivity index (χ4v) is 1.18. The monoisotopic (exact) mass is 282 g/mol. The highest BCUT2D eigenvalue weighted by Gasteiger charge is 2.58. The first-order valence-corrected chi connectivity index (χ1v) is 4.74. The highest BCUT2D eigenvalue weighted by atomic mass is 19.4. The third-order valence-electron chi connectivity index (χ3n) is 2.45. The van der Waals surface area contributed by atoms with Gasteiger partial charge >= 0.3 is 18.0 Å². The fourth-order valence-electron chi connectivity index (χ4n) is 1.18. The van der Waals surface area contributed by atoms with Crippen molar-refractivity contribution in [2.45, 2.75) is 18.6 Å². The number of anilines is 1. The Kier molecular flexibility index (Phi) is 3.41. The lowest BCUT2D eigenvalue weighted by atomic mass is 10.0. The van der Waals surface area contributed by atoms with Gasteiger partial charge in [-0.1, -0.05) is 0 Å². The number of aliphatic carboxylic acids is 1. The Balaban J connectivity index is 3.30. The number of carboxylic acids is 1. The molecule has 106 valence electrons. The van der Waals surface area contributed by atoms with Crippen molar-refractivity contribution in [3.05, 3.63) is 16.4 Å². The van der Waals surface area contributed by atoms with E-state index in [9.17, 15) is 28.1 Å². The van der Waals surface area contributed by atoms with Crippen molar-refractivity contribution in [2.24, 2.45) is 7.05 Å². The highest BCUT2D eigenvalue weighted by molar-refractivity contribution is 5.84. The maximum Gasteiger partial charge on any atom is 0.422 e. The SMILES string of the molecule is Cn1cnc([N+](=O)[O-])c1NC(C)(C(=O)O)C(F)(F)F. The number of alkyl halides is 3. The van der Waals surface area contributed by atoms with E-state index in [2.05, 4.69) is 4.98 Å². The van der Waals surface area contributed by atoms with E-state index in [1.807, 2.05) is 0 Å². The molecule has 1 aromatic rings. The van der Waals surface area contributed by atoms with Crippen LogP contribution in [-0.2, 0) is 11.8 Å². The Bertz CT molecular complexity index is 527. The number of nitrogens with one attached hydrogen (secondary N) is 1. The maximum absolute atomic E-state index is 12.8. The van der Waals surface area contributed by atoms with Crippen LogP contribution in [-0.4, -0.2) is 37.3 Å². The van der Waals surface area contributed by atoms with Gasteiger partial charge in [0, 0.05) is 7.05 Å². The number of aryl methyl sites for hydroxylation is 1. The van der Waals surface area contributed by atoms with E-state index in [0.717, 1.165) is 10.9 Å². The van der Waals surface area contributed by atoms with Gasteiger partial charge in [0.25, 0.3) is 0 Å². The Morgan fingerprint density at radius 2 is 2.11 bits per heavy atom. The molecule has 1 heterocycles. The Morgan fingerprint density at radius 3 is 2.47 bits per heavy atom. The lowest BCUT2D eigenvalue weighted by Crippen LogP contribution is -2.56. The first-order chi connectivity index (χ1) is 8.50. The van der Waals surface area contributed by atoms with E-state index in [1.54, 1.807) is 5.32 Å². The summed E-state index contributed by atoms with van der Waals surface area (Å²) in [7, 11) is 1.20. The molecule has 19 heavy (non-hydrogen) atoms. The molecule has 0 fully saturated rings. The molecule has 0 spiro atoms. The molecule has 0 aliphatic rings. The largest absolute Gasteiger partial charge is 0.479 e. The quantitative estimate of drug-likeness (QED) is 0.633. The number of carbonyl (C=O) groups is 1. The number of aromatic nitrogens is 2. The maximum atomic E-state index is 12.8. The molecule has 1 rings (SSSR count). The number of hydrogen-bond donors (Lipinski definition) is 2. The van der Waals surface area contributed by atoms with E-state index in [4.69, 9.17) is 5.11 Å². The van der Waals surface area contributed by atoms with E-state index >= 15 is 0 Å². The summed E-state index contributed by atoms with van der Waals surface area (Å²) in [6.45, 7) is 0.367. The van der Waals surface area contributed by atoms with Gasteiger partial charge in [-0.25, -0.2) is 4.79 Å². The van der Waals surface area contributed by atoms with E-state index < -0.39 is 34.2 Å². The lowest BCUT2D eigenvalue weighted by Gasteiger charge is -2.28. The zero-order chi connectivity index (χ0) is 15.0. The third-order valence-corrected chi connectivity index (χ3v) is 2.45. The molecule has 1 unspecified atom stereocenters. The molecule has 0 bridgehead atoms. The summed E-state index contributed by atoms with van der Waals surface area (Å²) in [5.74, 6) is -3.75. The van der Waals surface area contributed by atoms with Gasteiger partial charge in [0.2, 0.25) is 17.7 Å². The number of nitrogens with zero attached hydrogens (tertiary/aromatic N) is 3. The summed E-state index contributed by atoms with van der Waals surface area (Å²) in [5, 5.41) is 20.9. The van der Waals surface area contributed by atoms with Crippen LogP contribution < -0.4 is 5.32 Å². The lowest BCUT2D eigenvalue weighted by molar-refractivity contribution is -0.388. The van der Waals surface area contributed by atoms with Crippen LogP contribution >= 0.6 is 0 Å². The molecule has 0 saturated carbocycles. The van der Waals surface area contributed by atoms with Crippen molar-refractivity contribution >= 4 is 17.6 Å². The van der Waals surface area contributed by atoms with Crippen molar-refractivity contribution < 1.29 is 28.0 Å². The molecule has 0 saturated heterocycles. The average molecular weight is 282 g/mol. The fraction of sp³-hybridized carbons (Fsp3) is 0.500. The second kappa shape index (κ2) is 4.40. The van der Waals surface area contributed by atoms with Crippen LogP contribution in [0.5, 0.6) is 0 Å². The van der Waals surface area contributed by atoms with Crippen LogP contribution in [0.25, 0.3) is 0 Å². The van der Waals surface area contributed by atoms with Crippen molar-refractivity contribution in [1.29, 1.82) is 0 Å². The molecule has 0 amide bonds. The van der Waals surface area contributed by atoms with Gasteiger partial charge in [0.15, 0.2) is 0 Å². The van der Waals surface area contributed by atoms with E-state index in [-0.39, 0.29) is 0 Å². The van der Waals surface area contributed by atoms with Crippen LogP contribution in [0.15, 0.2) is 6.33 Å². The summed E-state index contributed by atoms with van der Waals surface area (Å²) in [6.07, 6.45) is -4.25. The average Bonchev–Trinajstić information content (AvgIpc) is 2.58. The summed E-state index contributed by atoms with van der Waals surface area (Å²) in [5.41, 5.74) is -3.37. The summed E-state index contributed by atoms with van der Waals surface area (Å²) in [4.78, 5) is 23.7. The number of halogens is 3. The van der Waals surface area contributed by atoms with Crippen molar-refractivity contribution in [3.63, 3.8) is 0 Å². The summed E-state index contributed by atoms with van der Waals surface area (Å²) in [6, 6.07) is 0. The van der Waals surface area contributed by atoms with Crippen molar-refractivity contribution in [2.75, 3.05) is 5.32 Å². The predicted molar refractivity (Wildman–Crippen MR) is 55.6 cm³/mol. The first kappa shape index (κ1) is 14.7. The smallest absolute Gasteiger partial charge is 0.422 e. The van der Waals surface area contributed by atoms with Gasteiger partial charge in [-0.2, -0.15) is 13.2 Å². The number of nitro groups is 1. The predicted octanol–water partition coefficient (Wildman–Crippen LogP) is 1.15. The summed E-state index contributed by atoms with van der Waals surface area (Å²) < 4.78 is 39.2. The molecule has 0 aromatic carbocycles. The normalized spacial score (nSPS) is 14.8. The summed E-state index contributed by atoms with van der Waals surface area (Å²) >= 11 is 0. The second-order valence-corrected chi connectivity index (χ2v) is 3.84. The van der Waals surface area contributed by atoms with Crippen LogP contribution in [0.1, 0.15) is 6.92 Å². The molecule has 0 aliphatic carbocycles. The molecule has 1 aromatic heterocycles. The zero-order valence-electron chi connectivity index (χ0n) is 9.72.